The topological polar surface area (TPSA) is 72.2 Å². The molecular weight excluding hydrogens is 232 g/mol. The number of para-hydroxylation sites is 2. The summed E-state index contributed by atoms with van der Waals surface area (Å²) in [4.78, 5) is 27.2. The van der Waals surface area contributed by atoms with Gasteiger partial charge in [0.15, 0.2) is 0 Å². The summed E-state index contributed by atoms with van der Waals surface area (Å²) in [7, 11) is 0. The molecule has 2 aromatic rings. The molecule has 1 atom stereocenters. The lowest BCUT2D eigenvalue weighted by Crippen LogP contribution is -2.29. The van der Waals surface area contributed by atoms with Gasteiger partial charge in [-0.1, -0.05) is 19.1 Å². The Bertz CT molecular complexity index is 661. The van der Waals surface area contributed by atoms with Gasteiger partial charge in [0.2, 0.25) is 0 Å². The smallest absolute Gasteiger partial charge is 0.308 e. The number of hydrogen-bond donors (Lipinski definition) is 1. The number of carbonyl (C=O) groups is 1. The van der Waals surface area contributed by atoms with E-state index in [-0.39, 0.29) is 12.1 Å². The van der Waals surface area contributed by atoms with E-state index in [0.29, 0.717) is 16.7 Å². The lowest BCUT2D eigenvalue weighted by atomic mass is 10.1. The van der Waals surface area contributed by atoms with Crippen LogP contribution in [-0.2, 0) is 11.3 Å². The molecule has 18 heavy (non-hydrogen) atoms. The van der Waals surface area contributed by atoms with E-state index in [2.05, 4.69) is 4.98 Å². The van der Waals surface area contributed by atoms with Crippen molar-refractivity contribution in [2.45, 2.75) is 20.4 Å². The number of fused-ring (bicyclic) bond motifs is 1. The highest BCUT2D eigenvalue weighted by atomic mass is 16.4. The molecule has 0 spiro atoms. The fourth-order valence-electron chi connectivity index (χ4n) is 1.85. The number of nitrogens with zero attached hydrogens (tertiary/aromatic N) is 2. The molecule has 94 valence electrons. The van der Waals surface area contributed by atoms with Gasteiger partial charge in [-0.2, -0.15) is 0 Å². The van der Waals surface area contributed by atoms with Crippen molar-refractivity contribution in [2.75, 3.05) is 0 Å². The summed E-state index contributed by atoms with van der Waals surface area (Å²) in [5.41, 5.74) is 1.52. The number of benzene rings is 1. The second-order valence-electron chi connectivity index (χ2n) is 4.34. The fraction of sp³-hybridized carbons (Fsp3) is 0.308. The number of aryl methyl sites for hydroxylation is 1. The SMILES string of the molecule is Cc1nc2ccccc2n(CC(C)C(=O)O)c1=O. The zero-order chi connectivity index (χ0) is 13.3. The van der Waals surface area contributed by atoms with E-state index in [1.54, 1.807) is 26.0 Å². The van der Waals surface area contributed by atoms with Gasteiger partial charge in [0.25, 0.3) is 5.56 Å². The molecule has 0 fully saturated rings. The first kappa shape index (κ1) is 12.3. The van der Waals surface area contributed by atoms with Crippen molar-refractivity contribution in [1.29, 1.82) is 0 Å². The molecule has 1 unspecified atom stereocenters. The first-order valence-corrected chi connectivity index (χ1v) is 5.69. The standard InChI is InChI=1S/C13H14N2O3/c1-8(13(17)18)7-15-11-6-4-3-5-10(11)14-9(2)12(15)16/h3-6,8H,7H2,1-2H3,(H,17,18). The number of aromatic nitrogens is 2. The molecule has 0 aliphatic rings. The molecule has 0 saturated carbocycles. The summed E-state index contributed by atoms with van der Waals surface area (Å²) < 4.78 is 1.48. The van der Waals surface area contributed by atoms with Crippen LogP contribution >= 0.6 is 0 Å². The van der Waals surface area contributed by atoms with Gasteiger partial charge in [-0.05, 0) is 19.1 Å². The minimum Gasteiger partial charge on any atom is -0.481 e. The van der Waals surface area contributed by atoms with Crippen LogP contribution in [0.5, 0.6) is 0 Å². The largest absolute Gasteiger partial charge is 0.481 e. The first-order valence-electron chi connectivity index (χ1n) is 5.69. The van der Waals surface area contributed by atoms with E-state index in [4.69, 9.17) is 5.11 Å². The van der Waals surface area contributed by atoms with Gasteiger partial charge >= 0.3 is 5.97 Å². The highest BCUT2D eigenvalue weighted by Crippen LogP contribution is 2.11. The molecule has 1 heterocycles. The van der Waals surface area contributed by atoms with Crippen LogP contribution in [-0.4, -0.2) is 20.6 Å². The highest BCUT2D eigenvalue weighted by Gasteiger charge is 2.15. The third-order valence-electron chi connectivity index (χ3n) is 2.89. The molecule has 1 aromatic carbocycles. The number of hydrogen-bond acceptors (Lipinski definition) is 3. The zero-order valence-corrected chi connectivity index (χ0v) is 10.3. The van der Waals surface area contributed by atoms with Gasteiger partial charge in [0.1, 0.15) is 5.69 Å². The Kier molecular flexibility index (Phi) is 3.14. The van der Waals surface area contributed by atoms with Crippen molar-refractivity contribution in [3.63, 3.8) is 0 Å². The summed E-state index contributed by atoms with van der Waals surface area (Å²) >= 11 is 0. The maximum Gasteiger partial charge on any atom is 0.308 e. The third-order valence-corrected chi connectivity index (χ3v) is 2.89. The normalized spacial score (nSPS) is 12.6. The molecule has 0 aliphatic carbocycles. The minimum absolute atomic E-state index is 0.151. The monoisotopic (exact) mass is 246 g/mol. The summed E-state index contributed by atoms with van der Waals surface area (Å²) in [5, 5.41) is 8.94. The second kappa shape index (κ2) is 4.60. The van der Waals surface area contributed by atoms with Crippen LogP contribution in [0.4, 0.5) is 0 Å². The van der Waals surface area contributed by atoms with Crippen LogP contribution < -0.4 is 5.56 Å². The van der Waals surface area contributed by atoms with Crippen molar-refractivity contribution in [3.05, 3.63) is 40.3 Å². The zero-order valence-electron chi connectivity index (χ0n) is 10.3. The number of aliphatic carboxylic acids is 1. The van der Waals surface area contributed by atoms with E-state index >= 15 is 0 Å². The molecule has 1 N–H and O–H groups in total. The molecule has 0 saturated heterocycles. The Morgan fingerprint density at radius 3 is 2.78 bits per heavy atom. The summed E-state index contributed by atoms with van der Waals surface area (Å²) in [5.74, 6) is -1.53. The molecule has 5 nitrogen and oxygen atoms in total. The van der Waals surface area contributed by atoms with E-state index in [1.807, 2.05) is 12.1 Å². The maximum atomic E-state index is 12.0. The Morgan fingerprint density at radius 2 is 2.11 bits per heavy atom. The molecule has 0 radical (unpaired) electrons. The van der Waals surface area contributed by atoms with E-state index in [0.717, 1.165) is 0 Å². The number of carboxylic acid groups (broad SMARTS) is 1. The van der Waals surface area contributed by atoms with Gasteiger partial charge in [-0.25, -0.2) is 4.98 Å². The molecule has 0 amide bonds. The van der Waals surface area contributed by atoms with Crippen LogP contribution in [0.15, 0.2) is 29.1 Å². The Morgan fingerprint density at radius 1 is 1.44 bits per heavy atom. The van der Waals surface area contributed by atoms with Crippen molar-refractivity contribution >= 4 is 17.0 Å². The average Bonchev–Trinajstić information content (AvgIpc) is 2.34. The van der Waals surface area contributed by atoms with Gasteiger partial charge in [0.05, 0.1) is 17.0 Å². The predicted octanol–water partition coefficient (Wildman–Crippen LogP) is 1.43. The first-order chi connectivity index (χ1) is 8.50. The fourth-order valence-corrected chi connectivity index (χ4v) is 1.85. The van der Waals surface area contributed by atoms with Gasteiger partial charge in [-0.15, -0.1) is 0 Å². The Hall–Kier alpha value is -2.17. The van der Waals surface area contributed by atoms with E-state index < -0.39 is 11.9 Å². The minimum atomic E-state index is -0.916. The van der Waals surface area contributed by atoms with Crippen molar-refractivity contribution in [2.24, 2.45) is 5.92 Å². The molecule has 1 aromatic heterocycles. The van der Waals surface area contributed by atoms with Crippen LogP contribution in [0.25, 0.3) is 11.0 Å². The Balaban J connectivity index is 2.64. The Labute approximate surface area is 104 Å². The third kappa shape index (κ3) is 2.11. The summed E-state index contributed by atoms with van der Waals surface area (Å²) in [6.45, 7) is 3.37. The van der Waals surface area contributed by atoms with Crippen LogP contribution in [0.3, 0.4) is 0 Å². The van der Waals surface area contributed by atoms with Gasteiger partial charge < -0.3 is 9.67 Å². The van der Waals surface area contributed by atoms with E-state index in [9.17, 15) is 9.59 Å². The molecule has 0 aliphatic heterocycles. The lowest BCUT2D eigenvalue weighted by Gasteiger charge is -2.13. The van der Waals surface area contributed by atoms with Crippen LogP contribution in [0, 0.1) is 12.8 Å². The average molecular weight is 246 g/mol. The summed E-state index contributed by atoms with van der Waals surface area (Å²) in [6.07, 6.45) is 0. The van der Waals surface area contributed by atoms with Gasteiger partial charge in [-0.3, -0.25) is 9.59 Å². The molecule has 5 heteroatoms. The highest BCUT2D eigenvalue weighted by molar-refractivity contribution is 5.75. The second-order valence-corrected chi connectivity index (χ2v) is 4.34. The van der Waals surface area contributed by atoms with Crippen LogP contribution in [0.2, 0.25) is 0 Å². The summed E-state index contributed by atoms with van der Waals surface area (Å²) in [6, 6.07) is 7.23. The molecule has 0 bridgehead atoms. The quantitative estimate of drug-likeness (QED) is 0.889. The predicted molar refractivity (Wildman–Crippen MR) is 67.5 cm³/mol. The van der Waals surface area contributed by atoms with Crippen molar-refractivity contribution < 1.29 is 9.90 Å². The van der Waals surface area contributed by atoms with Crippen molar-refractivity contribution in [1.82, 2.24) is 9.55 Å². The molecular formula is C13H14N2O3. The number of carboxylic acids is 1. The number of rotatable bonds is 3. The lowest BCUT2D eigenvalue weighted by molar-refractivity contribution is -0.141. The van der Waals surface area contributed by atoms with Gasteiger partial charge in [0, 0.05) is 6.54 Å². The molecule has 2 rings (SSSR count). The maximum absolute atomic E-state index is 12.0. The van der Waals surface area contributed by atoms with Crippen LogP contribution in [0.1, 0.15) is 12.6 Å². The van der Waals surface area contributed by atoms with Crippen molar-refractivity contribution in [3.8, 4) is 0 Å². The van der Waals surface area contributed by atoms with E-state index in [1.165, 1.54) is 4.57 Å².